The zero-order chi connectivity index (χ0) is 23.3. The lowest BCUT2D eigenvalue weighted by Crippen LogP contribution is -2.57. The summed E-state index contributed by atoms with van der Waals surface area (Å²) in [5.41, 5.74) is 10.9. The molecule has 0 saturated heterocycles. The quantitative estimate of drug-likeness (QED) is 0.100. The van der Waals surface area contributed by atoms with E-state index in [-0.39, 0.29) is 18.6 Å². The topological polar surface area (TPSA) is 214 Å². The number of carbonyl (C=O) groups is 5. The van der Waals surface area contributed by atoms with Crippen LogP contribution in [-0.4, -0.2) is 76.3 Å². The van der Waals surface area contributed by atoms with Gasteiger partial charge in [0.25, 0.3) is 0 Å². The largest absolute Gasteiger partial charge is 0.481 e. The second-order valence-corrected chi connectivity index (χ2v) is 7.08. The molecule has 0 aliphatic heterocycles. The molecule has 0 fully saturated rings. The van der Waals surface area contributed by atoms with E-state index < -0.39 is 60.2 Å². The molecule has 13 heteroatoms. The second kappa shape index (κ2) is 14.6. The van der Waals surface area contributed by atoms with Crippen LogP contribution in [0.4, 0.5) is 0 Å². The molecule has 4 atom stereocenters. The Hall–Kier alpha value is -2.38. The highest BCUT2D eigenvalue weighted by Crippen LogP contribution is 2.05. The van der Waals surface area contributed by atoms with Crippen molar-refractivity contribution in [3.05, 3.63) is 0 Å². The minimum absolute atomic E-state index is 0.157. The number of aliphatic carboxylic acids is 2. The van der Waals surface area contributed by atoms with Crippen molar-refractivity contribution >= 4 is 42.3 Å². The highest BCUT2D eigenvalue weighted by molar-refractivity contribution is 7.80. The van der Waals surface area contributed by atoms with E-state index in [0.717, 1.165) is 0 Å². The minimum atomic E-state index is -1.28. The third-order valence-corrected chi connectivity index (χ3v) is 4.44. The van der Waals surface area contributed by atoms with E-state index in [0.29, 0.717) is 19.4 Å². The second-order valence-electron chi connectivity index (χ2n) is 6.71. The van der Waals surface area contributed by atoms with Crippen LogP contribution >= 0.6 is 12.6 Å². The molecular weight excluding hydrogens is 418 g/mol. The standard InChI is InChI=1S/C17H31N5O7S/c1-9(19)14(25)20-11(5-6-13(23)24)16(27)21-10(4-2-3-7-18)15(26)22-12(8-30)17(28)29/h9-12,30H,2-8,18-19H2,1H3,(H,20,25)(H,21,27)(H,22,26)(H,23,24)(H,28,29). The molecule has 0 aliphatic rings. The Morgan fingerprint density at radius 2 is 1.37 bits per heavy atom. The molecule has 172 valence electrons. The molecule has 0 aliphatic carbocycles. The molecule has 0 radical (unpaired) electrons. The van der Waals surface area contributed by atoms with Crippen molar-refractivity contribution in [1.82, 2.24) is 16.0 Å². The van der Waals surface area contributed by atoms with Gasteiger partial charge < -0.3 is 37.6 Å². The number of unbranched alkanes of at least 4 members (excludes halogenated alkanes) is 1. The van der Waals surface area contributed by atoms with Crippen molar-refractivity contribution in [2.24, 2.45) is 11.5 Å². The maximum absolute atomic E-state index is 12.7. The van der Waals surface area contributed by atoms with Crippen LogP contribution in [0.5, 0.6) is 0 Å². The third-order valence-electron chi connectivity index (χ3n) is 4.07. The van der Waals surface area contributed by atoms with Gasteiger partial charge in [-0.3, -0.25) is 19.2 Å². The van der Waals surface area contributed by atoms with Crippen molar-refractivity contribution in [3.63, 3.8) is 0 Å². The van der Waals surface area contributed by atoms with Gasteiger partial charge in [0, 0.05) is 12.2 Å². The molecule has 3 amide bonds. The van der Waals surface area contributed by atoms with Gasteiger partial charge >= 0.3 is 11.9 Å². The predicted octanol–water partition coefficient (Wildman–Crippen LogP) is -2.20. The molecule has 9 N–H and O–H groups in total. The van der Waals surface area contributed by atoms with Crippen LogP contribution in [0.3, 0.4) is 0 Å². The average molecular weight is 450 g/mol. The first-order valence-electron chi connectivity index (χ1n) is 9.45. The summed E-state index contributed by atoms with van der Waals surface area (Å²) in [4.78, 5) is 59.0. The van der Waals surface area contributed by atoms with Crippen LogP contribution in [-0.2, 0) is 24.0 Å². The number of nitrogens with two attached hydrogens (primary N) is 2. The molecular formula is C17H31N5O7S. The first kappa shape index (κ1) is 27.6. The van der Waals surface area contributed by atoms with Gasteiger partial charge in [-0.15, -0.1) is 0 Å². The van der Waals surface area contributed by atoms with Gasteiger partial charge in [-0.2, -0.15) is 12.6 Å². The fourth-order valence-corrected chi connectivity index (χ4v) is 2.58. The summed E-state index contributed by atoms with van der Waals surface area (Å²) in [5, 5.41) is 25.0. The molecule has 0 aromatic rings. The lowest BCUT2D eigenvalue weighted by Gasteiger charge is -2.24. The zero-order valence-electron chi connectivity index (χ0n) is 16.8. The fraction of sp³-hybridized carbons (Fsp3) is 0.706. The predicted molar refractivity (Wildman–Crippen MR) is 111 cm³/mol. The third kappa shape index (κ3) is 11.0. The van der Waals surface area contributed by atoms with Gasteiger partial charge in [0.15, 0.2) is 0 Å². The van der Waals surface area contributed by atoms with E-state index in [1.807, 2.05) is 0 Å². The number of nitrogens with one attached hydrogen (secondary N) is 3. The number of thiol groups is 1. The van der Waals surface area contributed by atoms with Crippen molar-refractivity contribution < 1.29 is 34.2 Å². The van der Waals surface area contributed by atoms with Crippen molar-refractivity contribution in [1.29, 1.82) is 0 Å². The van der Waals surface area contributed by atoms with E-state index in [2.05, 4.69) is 28.6 Å². The average Bonchev–Trinajstić information content (AvgIpc) is 2.67. The van der Waals surface area contributed by atoms with Crippen LogP contribution in [0.15, 0.2) is 0 Å². The SMILES string of the molecule is CC(N)C(=O)NC(CCC(=O)O)C(=O)NC(CCCCN)C(=O)NC(CS)C(=O)O. The monoisotopic (exact) mass is 449 g/mol. The summed E-state index contributed by atoms with van der Waals surface area (Å²) in [5.74, 6) is -4.79. The van der Waals surface area contributed by atoms with Crippen molar-refractivity contribution in [3.8, 4) is 0 Å². The normalized spacial score (nSPS) is 14.7. The van der Waals surface area contributed by atoms with Gasteiger partial charge in [0.2, 0.25) is 17.7 Å². The minimum Gasteiger partial charge on any atom is -0.481 e. The van der Waals surface area contributed by atoms with Crippen LogP contribution in [0, 0.1) is 0 Å². The molecule has 0 spiro atoms. The Kier molecular flexibility index (Phi) is 13.4. The summed E-state index contributed by atoms with van der Waals surface area (Å²) in [7, 11) is 0. The summed E-state index contributed by atoms with van der Waals surface area (Å²) in [6.07, 6.45) is 0.589. The van der Waals surface area contributed by atoms with Crippen LogP contribution in [0.2, 0.25) is 0 Å². The van der Waals surface area contributed by atoms with Gasteiger partial charge in [0.05, 0.1) is 6.04 Å². The maximum atomic E-state index is 12.7. The number of rotatable bonds is 15. The van der Waals surface area contributed by atoms with Crippen molar-refractivity contribution in [2.75, 3.05) is 12.3 Å². The molecule has 12 nitrogen and oxygen atoms in total. The molecule has 0 aromatic heterocycles. The smallest absolute Gasteiger partial charge is 0.327 e. The Balaban J connectivity index is 5.36. The zero-order valence-corrected chi connectivity index (χ0v) is 17.7. The Morgan fingerprint density at radius 1 is 0.867 bits per heavy atom. The fourth-order valence-electron chi connectivity index (χ4n) is 2.33. The number of carbonyl (C=O) groups excluding carboxylic acids is 3. The molecule has 30 heavy (non-hydrogen) atoms. The van der Waals surface area contributed by atoms with Gasteiger partial charge in [-0.1, -0.05) is 0 Å². The van der Waals surface area contributed by atoms with E-state index in [9.17, 15) is 24.0 Å². The highest BCUT2D eigenvalue weighted by Gasteiger charge is 2.29. The summed E-state index contributed by atoms with van der Waals surface area (Å²) < 4.78 is 0. The maximum Gasteiger partial charge on any atom is 0.327 e. The molecule has 0 heterocycles. The Labute approximate surface area is 179 Å². The molecule has 0 aromatic carbocycles. The molecule has 0 bridgehead atoms. The molecule has 0 rings (SSSR count). The van der Waals surface area contributed by atoms with Crippen molar-refractivity contribution in [2.45, 2.75) is 63.2 Å². The summed E-state index contributed by atoms with van der Waals surface area (Å²) in [6.45, 7) is 1.76. The van der Waals surface area contributed by atoms with Gasteiger partial charge in [0.1, 0.15) is 18.1 Å². The van der Waals surface area contributed by atoms with Gasteiger partial charge in [-0.25, -0.2) is 4.79 Å². The van der Waals surface area contributed by atoms with Crippen LogP contribution in [0.1, 0.15) is 39.0 Å². The van der Waals surface area contributed by atoms with Crippen LogP contribution < -0.4 is 27.4 Å². The highest BCUT2D eigenvalue weighted by atomic mass is 32.1. The van der Waals surface area contributed by atoms with Gasteiger partial charge in [-0.05, 0) is 39.2 Å². The number of amides is 3. The lowest BCUT2D eigenvalue weighted by atomic mass is 10.1. The number of carboxylic acid groups (broad SMARTS) is 2. The lowest BCUT2D eigenvalue weighted by molar-refractivity contribution is -0.141. The summed E-state index contributed by atoms with van der Waals surface area (Å²) in [6, 6.07) is -4.52. The first-order chi connectivity index (χ1) is 14.0. The van der Waals surface area contributed by atoms with E-state index >= 15 is 0 Å². The number of hydrogen-bond donors (Lipinski definition) is 8. The number of carboxylic acids is 2. The molecule has 0 saturated carbocycles. The van der Waals surface area contributed by atoms with E-state index in [1.54, 1.807) is 0 Å². The Bertz CT molecular complexity index is 617. The van der Waals surface area contributed by atoms with E-state index in [4.69, 9.17) is 21.7 Å². The Morgan fingerprint density at radius 3 is 1.80 bits per heavy atom. The molecule has 4 unspecified atom stereocenters. The van der Waals surface area contributed by atoms with E-state index in [1.165, 1.54) is 6.92 Å². The number of hydrogen-bond acceptors (Lipinski definition) is 8. The van der Waals surface area contributed by atoms with Crippen LogP contribution in [0.25, 0.3) is 0 Å². The summed E-state index contributed by atoms with van der Waals surface area (Å²) >= 11 is 3.88. The first-order valence-corrected chi connectivity index (χ1v) is 10.1.